The normalized spacial score (nSPS) is 12.1. The summed E-state index contributed by atoms with van der Waals surface area (Å²) in [6.45, 7) is 0. The van der Waals surface area contributed by atoms with E-state index in [0.29, 0.717) is 17.2 Å². The Morgan fingerprint density at radius 2 is 1.65 bits per heavy atom. The van der Waals surface area contributed by atoms with Crippen LogP contribution >= 0.6 is 0 Å². The van der Waals surface area contributed by atoms with Crippen LogP contribution in [-0.2, 0) is 6.18 Å². The van der Waals surface area contributed by atoms with Crippen molar-refractivity contribution in [2.45, 2.75) is 6.18 Å². The number of nitrogens with zero attached hydrogens (tertiary/aromatic N) is 4. The third-order valence-corrected chi connectivity index (χ3v) is 3.11. The van der Waals surface area contributed by atoms with Gasteiger partial charge in [0.25, 0.3) is 11.6 Å². The lowest BCUT2D eigenvalue weighted by Gasteiger charge is -2.03. The highest BCUT2D eigenvalue weighted by Gasteiger charge is 2.37. The third kappa shape index (κ3) is 2.26. The average molecular weight is 320 g/mol. The first-order valence-electron chi connectivity index (χ1n) is 6.45. The second kappa shape index (κ2) is 4.70. The van der Waals surface area contributed by atoms with E-state index in [1.54, 1.807) is 24.3 Å². The molecule has 0 amide bonds. The van der Waals surface area contributed by atoms with Crippen LogP contribution in [0.4, 0.5) is 13.2 Å². The highest BCUT2D eigenvalue weighted by Crippen LogP contribution is 2.30. The Morgan fingerprint density at radius 1 is 0.957 bits per heavy atom. The molecule has 0 aromatic carbocycles. The van der Waals surface area contributed by atoms with Crippen molar-refractivity contribution in [3.8, 4) is 22.9 Å². The maximum Gasteiger partial charge on any atom is 0.453 e. The predicted octanol–water partition coefficient (Wildman–Crippen LogP) is 3.66. The number of hydrogen-bond acceptors (Lipinski definition) is 5. The second-order valence-corrected chi connectivity index (χ2v) is 4.63. The van der Waals surface area contributed by atoms with Crippen LogP contribution in [0.15, 0.2) is 51.7 Å². The summed E-state index contributed by atoms with van der Waals surface area (Å²) in [6.07, 6.45) is -1.81. The van der Waals surface area contributed by atoms with Gasteiger partial charge in [-0.2, -0.15) is 22.7 Å². The van der Waals surface area contributed by atoms with Gasteiger partial charge in [-0.3, -0.25) is 0 Å². The zero-order valence-electron chi connectivity index (χ0n) is 11.3. The van der Waals surface area contributed by atoms with Crippen molar-refractivity contribution in [3.63, 3.8) is 0 Å². The van der Waals surface area contributed by atoms with Gasteiger partial charge in [-0.15, -0.1) is 5.10 Å². The molecule has 9 heteroatoms. The van der Waals surface area contributed by atoms with Crippen molar-refractivity contribution in [1.29, 1.82) is 0 Å². The molecule has 0 saturated heterocycles. The Kier molecular flexibility index (Phi) is 2.77. The maximum atomic E-state index is 12.9. The van der Waals surface area contributed by atoms with Gasteiger partial charge < -0.3 is 8.83 Å². The minimum absolute atomic E-state index is 0.197. The van der Waals surface area contributed by atoms with E-state index in [4.69, 9.17) is 8.83 Å². The molecular formula is C14H7F3N4O2. The van der Waals surface area contributed by atoms with Crippen LogP contribution in [0.2, 0.25) is 0 Å². The standard InChI is InChI=1S/C14H7F3N4O2/c15-14(16,17)12-19-13-18-8(10-3-1-5-22-10)7-9(21(13)20-12)11-4-2-6-23-11/h1-7H. The van der Waals surface area contributed by atoms with Gasteiger partial charge in [-0.05, 0) is 30.3 Å². The third-order valence-electron chi connectivity index (χ3n) is 3.11. The Hall–Kier alpha value is -3.10. The summed E-state index contributed by atoms with van der Waals surface area (Å²) in [5.41, 5.74) is 0.615. The molecule has 0 saturated carbocycles. The van der Waals surface area contributed by atoms with Gasteiger partial charge in [-0.1, -0.05) is 0 Å². The van der Waals surface area contributed by atoms with E-state index in [-0.39, 0.29) is 11.5 Å². The summed E-state index contributed by atoms with van der Waals surface area (Å²) < 4.78 is 50.1. The van der Waals surface area contributed by atoms with E-state index >= 15 is 0 Å². The Morgan fingerprint density at radius 3 is 2.26 bits per heavy atom. The Labute approximate surface area is 126 Å². The summed E-state index contributed by atoms with van der Waals surface area (Å²) in [5.74, 6) is -0.729. The highest BCUT2D eigenvalue weighted by atomic mass is 19.4. The quantitative estimate of drug-likeness (QED) is 0.564. The van der Waals surface area contributed by atoms with Gasteiger partial charge in [0.1, 0.15) is 11.4 Å². The number of rotatable bonds is 2. The van der Waals surface area contributed by atoms with E-state index in [1.807, 2.05) is 0 Å². The van der Waals surface area contributed by atoms with Crippen molar-refractivity contribution in [1.82, 2.24) is 19.6 Å². The van der Waals surface area contributed by atoms with Gasteiger partial charge in [-0.25, -0.2) is 4.98 Å². The maximum absolute atomic E-state index is 12.9. The SMILES string of the molecule is FC(F)(F)c1nc2nc(-c3ccco3)cc(-c3ccco3)n2n1. The van der Waals surface area contributed by atoms with Crippen LogP contribution in [0.1, 0.15) is 5.82 Å². The lowest BCUT2D eigenvalue weighted by Crippen LogP contribution is -2.07. The Balaban J connectivity index is 2.01. The van der Waals surface area contributed by atoms with Crippen LogP contribution in [0.3, 0.4) is 0 Å². The van der Waals surface area contributed by atoms with Crippen molar-refractivity contribution < 1.29 is 22.0 Å². The molecule has 0 spiro atoms. The number of alkyl halides is 3. The molecule has 0 aliphatic heterocycles. The molecule has 0 radical (unpaired) electrons. The summed E-state index contributed by atoms with van der Waals surface area (Å²) in [4.78, 5) is 7.53. The fourth-order valence-corrected chi connectivity index (χ4v) is 2.14. The molecule has 0 fully saturated rings. The van der Waals surface area contributed by atoms with Crippen LogP contribution < -0.4 is 0 Å². The molecule has 0 aliphatic carbocycles. The molecule has 0 N–H and O–H groups in total. The first-order chi connectivity index (χ1) is 11.0. The molecule has 0 unspecified atom stereocenters. The lowest BCUT2D eigenvalue weighted by atomic mass is 10.2. The number of halogens is 3. The fraction of sp³-hybridized carbons (Fsp3) is 0.0714. The molecule has 0 atom stereocenters. The summed E-state index contributed by atoms with van der Waals surface area (Å²) in [6, 6.07) is 8.05. The van der Waals surface area contributed by atoms with Crippen LogP contribution in [-0.4, -0.2) is 19.6 Å². The molecule has 0 aliphatic rings. The van der Waals surface area contributed by atoms with Crippen LogP contribution in [0.5, 0.6) is 0 Å². The minimum Gasteiger partial charge on any atom is -0.463 e. The lowest BCUT2D eigenvalue weighted by molar-refractivity contribution is -0.144. The van der Waals surface area contributed by atoms with Gasteiger partial charge in [0.05, 0.1) is 12.5 Å². The van der Waals surface area contributed by atoms with E-state index in [0.717, 1.165) is 4.52 Å². The molecular weight excluding hydrogens is 313 g/mol. The molecule has 4 heterocycles. The average Bonchev–Trinajstić information content (AvgIpc) is 3.24. The van der Waals surface area contributed by atoms with Gasteiger partial charge in [0, 0.05) is 0 Å². The summed E-state index contributed by atoms with van der Waals surface area (Å²) in [7, 11) is 0. The minimum atomic E-state index is -4.67. The molecule has 23 heavy (non-hydrogen) atoms. The Bertz CT molecular complexity index is 956. The van der Waals surface area contributed by atoms with Crippen molar-refractivity contribution in [3.05, 3.63) is 48.7 Å². The first kappa shape index (κ1) is 13.6. The highest BCUT2D eigenvalue weighted by molar-refractivity contribution is 5.65. The molecule has 4 aromatic heterocycles. The van der Waals surface area contributed by atoms with E-state index in [1.165, 1.54) is 18.6 Å². The number of aromatic nitrogens is 4. The molecule has 4 rings (SSSR count). The zero-order valence-corrected chi connectivity index (χ0v) is 11.3. The summed E-state index contributed by atoms with van der Waals surface area (Å²) >= 11 is 0. The number of fused-ring (bicyclic) bond motifs is 1. The molecule has 4 aromatic rings. The van der Waals surface area contributed by atoms with Crippen LogP contribution in [0, 0.1) is 0 Å². The molecule has 0 bridgehead atoms. The molecule has 116 valence electrons. The van der Waals surface area contributed by atoms with Crippen molar-refractivity contribution in [2.75, 3.05) is 0 Å². The van der Waals surface area contributed by atoms with E-state index < -0.39 is 12.0 Å². The van der Waals surface area contributed by atoms with Crippen molar-refractivity contribution >= 4 is 5.78 Å². The largest absolute Gasteiger partial charge is 0.463 e. The number of hydrogen-bond donors (Lipinski definition) is 0. The number of furan rings is 2. The predicted molar refractivity (Wildman–Crippen MR) is 71.2 cm³/mol. The van der Waals surface area contributed by atoms with Crippen molar-refractivity contribution in [2.24, 2.45) is 0 Å². The first-order valence-corrected chi connectivity index (χ1v) is 6.45. The molecule has 6 nitrogen and oxygen atoms in total. The van der Waals surface area contributed by atoms with Gasteiger partial charge in [0.2, 0.25) is 0 Å². The van der Waals surface area contributed by atoms with E-state index in [2.05, 4.69) is 15.1 Å². The summed E-state index contributed by atoms with van der Waals surface area (Å²) in [5, 5.41) is 3.49. The smallest absolute Gasteiger partial charge is 0.453 e. The fourth-order valence-electron chi connectivity index (χ4n) is 2.14. The monoisotopic (exact) mass is 320 g/mol. The van der Waals surface area contributed by atoms with Gasteiger partial charge in [0.15, 0.2) is 11.5 Å². The topological polar surface area (TPSA) is 69.4 Å². The second-order valence-electron chi connectivity index (χ2n) is 4.63. The van der Waals surface area contributed by atoms with Crippen LogP contribution in [0.25, 0.3) is 28.7 Å². The van der Waals surface area contributed by atoms with E-state index in [9.17, 15) is 13.2 Å². The zero-order chi connectivity index (χ0) is 16.0. The van der Waals surface area contributed by atoms with Gasteiger partial charge >= 0.3 is 6.18 Å².